The van der Waals surface area contributed by atoms with E-state index in [-0.39, 0.29) is 0 Å². The Morgan fingerprint density at radius 1 is 1.18 bits per heavy atom. The zero-order valence-corrected chi connectivity index (χ0v) is 7.72. The minimum Gasteiger partial charge on any atom is -0.314 e. The van der Waals surface area contributed by atoms with Gasteiger partial charge in [0.2, 0.25) is 0 Å². The van der Waals surface area contributed by atoms with E-state index < -0.39 is 0 Å². The maximum Gasteiger partial charge on any atom is 0.0244 e. The van der Waals surface area contributed by atoms with Gasteiger partial charge >= 0.3 is 0 Å². The third-order valence-electron chi connectivity index (χ3n) is 2.87. The summed E-state index contributed by atoms with van der Waals surface area (Å²) in [5.74, 6) is 0. The summed E-state index contributed by atoms with van der Waals surface area (Å²) in [6.07, 6.45) is 1.42. The molecule has 2 unspecified atom stereocenters. The largest absolute Gasteiger partial charge is 0.314 e. The Bertz CT molecular complexity index is 145. The molecule has 2 nitrogen and oxygen atoms in total. The highest BCUT2D eigenvalue weighted by Gasteiger charge is 2.46. The van der Waals surface area contributed by atoms with Gasteiger partial charge in [-0.25, -0.2) is 0 Å². The molecular weight excluding hydrogens is 136 g/mol. The molecule has 3 aliphatic rings. The Labute approximate surface area is 69.0 Å². The van der Waals surface area contributed by atoms with Crippen molar-refractivity contribution >= 4 is 0 Å². The highest BCUT2D eigenvalue weighted by Crippen LogP contribution is 2.35. The van der Waals surface area contributed by atoms with E-state index in [0.717, 1.165) is 12.1 Å². The zero-order chi connectivity index (χ0) is 8.06. The molecule has 0 aromatic rings. The molecule has 3 heterocycles. The van der Waals surface area contributed by atoms with Crippen LogP contribution in [0.15, 0.2) is 0 Å². The lowest BCUT2D eigenvalue weighted by atomic mass is 9.83. The summed E-state index contributed by atoms with van der Waals surface area (Å²) in [7, 11) is 0. The van der Waals surface area contributed by atoms with Gasteiger partial charge < -0.3 is 5.32 Å². The SMILES string of the molecule is CC(C)(C)N1C2CNCC1C2. The Morgan fingerprint density at radius 3 is 2.00 bits per heavy atom. The first kappa shape index (κ1) is 7.56. The van der Waals surface area contributed by atoms with Crippen molar-refractivity contribution in [3.05, 3.63) is 0 Å². The smallest absolute Gasteiger partial charge is 0.0244 e. The monoisotopic (exact) mass is 154 g/mol. The lowest BCUT2D eigenvalue weighted by Crippen LogP contribution is -2.72. The van der Waals surface area contributed by atoms with Crippen LogP contribution in [0.4, 0.5) is 0 Å². The van der Waals surface area contributed by atoms with Crippen molar-refractivity contribution in [2.45, 2.75) is 44.8 Å². The predicted octanol–water partition coefficient (Wildman–Crippen LogP) is 0.831. The first-order valence-electron chi connectivity index (χ1n) is 4.58. The van der Waals surface area contributed by atoms with E-state index in [1.165, 1.54) is 19.5 Å². The van der Waals surface area contributed by atoms with Gasteiger partial charge in [0.05, 0.1) is 0 Å². The van der Waals surface area contributed by atoms with Gasteiger partial charge in [0.1, 0.15) is 0 Å². The number of nitrogens with zero attached hydrogens (tertiary/aromatic N) is 1. The molecule has 3 rings (SSSR count). The second-order valence-corrected chi connectivity index (χ2v) is 4.78. The highest BCUT2D eigenvalue weighted by atomic mass is 15.3. The number of nitrogens with one attached hydrogen (secondary N) is 1. The number of piperidine rings is 1. The van der Waals surface area contributed by atoms with E-state index in [4.69, 9.17) is 0 Å². The fourth-order valence-corrected chi connectivity index (χ4v) is 2.58. The molecule has 2 bridgehead atoms. The van der Waals surface area contributed by atoms with Gasteiger partial charge in [0.15, 0.2) is 0 Å². The summed E-state index contributed by atoms with van der Waals surface area (Å²) < 4.78 is 0. The van der Waals surface area contributed by atoms with Crippen LogP contribution in [0, 0.1) is 0 Å². The minimum absolute atomic E-state index is 0.385. The maximum atomic E-state index is 3.44. The van der Waals surface area contributed by atoms with Crippen molar-refractivity contribution in [1.82, 2.24) is 10.2 Å². The summed E-state index contributed by atoms with van der Waals surface area (Å²) in [6, 6.07) is 1.66. The Balaban J connectivity index is 2.06. The van der Waals surface area contributed by atoms with Gasteiger partial charge in [-0.2, -0.15) is 0 Å². The molecule has 0 spiro atoms. The van der Waals surface area contributed by atoms with Gasteiger partial charge in [0, 0.05) is 30.7 Å². The first-order chi connectivity index (χ1) is 5.09. The summed E-state index contributed by atoms with van der Waals surface area (Å²) in [4.78, 5) is 2.66. The molecule has 11 heavy (non-hydrogen) atoms. The summed E-state index contributed by atoms with van der Waals surface area (Å²) in [5.41, 5.74) is 0.385. The fraction of sp³-hybridized carbons (Fsp3) is 1.00. The van der Waals surface area contributed by atoms with Crippen molar-refractivity contribution in [3.63, 3.8) is 0 Å². The number of fused-ring (bicyclic) bond motifs is 2. The van der Waals surface area contributed by atoms with Crippen molar-refractivity contribution in [2.24, 2.45) is 0 Å². The number of rotatable bonds is 0. The Kier molecular flexibility index (Phi) is 1.52. The van der Waals surface area contributed by atoms with Gasteiger partial charge in [-0.3, -0.25) is 4.90 Å². The van der Waals surface area contributed by atoms with Gasteiger partial charge in [-0.1, -0.05) is 0 Å². The van der Waals surface area contributed by atoms with Crippen LogP contribution < -0.4 is 5.32 Å². The van der Waals surface area contributed by atoms with E-state index >= 15 is 0 Å². The second kappa shape index (κ2) is 2.20. The number of hydrogen-bond acceptors (Lipinski definition) is 2. The Morgan fingerprint density at radius 2 is 1.73 bits per heavy atom. The van der Waals surface area contributed by atoms with Crippen molar-refractivity contribution < 1.29 is 0 Å². The molecular formula is C9H18N2. The van der Waals surface area contributed by atoms with Crippen LogP contribution in [0.5, 0.6) is 0 Å². The topological polar surface area (TPSA) is 15.3 Å². The highest BCUT2D eigenvalue weighted by molar-refractivity contribution is 5.04. The lowest BCUT2D eigenvalue weighted by Gasteiger charge is -2.59. The molecule has 1 N–H and O–H groups in total. The normalized spacial score (nSPS) is 38.5. The molecule has 3 aliphatic heterocycles. The quantitative estimate of drug-likeness (QED) is 0.556. The van der Waals surface area contributed by atoms with Crippen LogP contribution in [0.25, 0.3) is 0 Å². The number of hydrogen-bond donors (Lipinski definition) is 1. The summed E-state index contributed by atoms with van der Waals surface area (Å²) >= 11 is 0. The van der Waals surface area contributed by atoms with Crippen LogP contribution in [-0.4, -0.2) is 35.6 Å². The molecule has 0 aliphatic carbocycles. The van der Waals surface area contributed by atoms with E-state index in [1.807, 2.05) is 0 Å². The van der Waals surface area contributed by atoms with Crippen molar-refractivity contribution in [3.8, 4) is 0 Å². The minimum atomic E-state index is 0.385. The zero-order valence-electron chi connectivity index (χ0n) is 7.72. The van der Waals surface area contributed by atoms with E-state index in [2.05, 4.69) is 31.0 Å². The van der Waals surface area contributed by atoms with E-state index in [0.29, 0.717) is 5.54 Å². The standard InChI is InChI=1S/C9H18N2/c1-9(2,3)11-7-4-8(11)6-10-5-7/h7-8,10H,4-6H2,1-3H3. The Hall–Kier alpha value is -0.0800. The van der Waals surface area contributed by atoms with Crippen molar-refractivity contribution in [2.75, 3.05) is 13.1 Å². The molecule has 3 saturated heterocycles. The lowest BCUT2D eigenvalue weighted by molar-refractivity contribution is -0.0786. The van der Waals surface area contributed by atoms with Gasteiger partial charge in [-0.15, -0.1) is 0 Å². The fourth-order valence-electron chi connectivity index (χ4n) is 2.58. The summed E-state index contributed by atoms with van der Waals surface area (Å²) in [6.45, 7) is 9.36. The average Bonchev–Trinajstić information content (AvgIpc) is 1.85. The van der Waals surface area contributed by atoms with E-state index in [9.17, 15) is 0 Å². The molecule has 0 aromatic carbocycles. The van der Waals surface area contributed by atoms with Gasteiger partial charge in [-0.05, 0) is 27.2 Å². The third kappa shape index (κ3) is 1.09. The predicted molar refractivity (Wildman–Crippen MR) is 46.7 cm³/mol. The average molecular weight is 154 g/mol. The molecule has 3 fully saturated rings. The third-order valence-corrected chi connectivity index (χ3v) is 2.87. The van der Waals surface area contributed by atoms with Crippen LogP contribution in [0.1, 0.15) is 27.2 Å². The van der Waals surface area contributed by atoms with Crippen LogP contribution in [0.3, 0.4) is 0 Å². The van der Waals surface area contributed by atoms with Crippen LogP contribution in [0.2, 0.25) is 0 Å². The summed E-state index contributed by atoms with van der Waals surface area (Å²) in [5, 5.41) is 3.44. The molecule has 2 heteroatoms. The molecule has 0 amide bonds. The first-order valence-corrected chi connectivity index (χ1v) is 4.58. The van der Waals surface area contributed by atoms with Gasteiger partial charge in [0.25, 0.3) is 0 Å². The molecule has 0 saturated carbocycles. The molecule has 0 aromatic heterocycles. The molecule has 0 radical (unpaired) electrons. The van der Waals surface area contributed by atoms with Crippen molar-refractivity contribution in [1.29, 1.82) is 0 Å². The van der Waals surface area contributed by atoms with Crippen LogP contribution in [-0.2, 0) is 0 Å². The van der Waals surface area contributed by atoms with Crippen LogP contribution >= 0.6 is 0 Å². The van der Waals surface area contributed by atoms with E-state index in [1.54, 1.807) is 0 Å². The molecule has 2 atom stereocenters. The maximum absolute atomic E-state index is 3.44. The number of piperazine rings is 1. The second-order valence-electron chi connectivity index (χ2n) is 4.78. The molecule has 64 valence electrons.